The van der Waals surface area contributed by atoms with E-state index in [4.69, 9.17) is 4.74 Å². The Morgan fingerprint density at radius 2 is 2.50 bits per heavy atom. The van der Waals surface area contributed by atoms with Crippen LogP contribution in [-0.2, 0) is 9.53 Å². The van der Waals surface area contributed by atoms with Crippen LogP contribution < -0.4 is 5.32 Å². The molecule has 0 bridgehead atoms. The number of nitrogens with zero attached hydrogens (tertiary/aromatic N) is 1. The van der Waals surface area contributed by atoms with Crippen molar-refractivity contribution in [1.29, 1.82) is 0 Å². The zero-order chi connectivity index (χ0) is 8.97. The summed E-state index contributed by atoms with van der Waals surface area (Å²) in [5.74, 6) is -0.129. The van der Waals surface area contributed by atoms with Gasteiger partial charge in [-0.3, -0.25) is 9.69 Å². The summed E-state index contributed by atoms with van der Waals surface area (Å²) in [4.78, 5) is 13.0. The summed E-state index contributed by atoms with van der Waals surface area (Å²) in [6, 6.07) is 0. The first kappa shape index (κ1) is 9.48. The van der Waals surface area contributed by atoms with Gasteiger partial charge in [0, 0.05) is 26.1 Å². The lowest BCUT2D eigenvalue weighted by Crippen LogP contribution is -2.51. The first-order chi connectivity index (χ1) is 5.74. The van der Waals surface area contributed by atoms with Gasteiger partial charge in [0.2, 0.25) is 0 Å². The van der Waals surface area contributed by atoms with Crippen LogP contribution >= 0.6 is 0 Å². The van der Waals surface area contributed by atoms with Crippen LogP contribution in [0, 0.1) is 0 Å². The van der Waals surface area contributed by atoms with E-state index < -0.39 is 0 Å². The number of hydrogen-bond donors (Lipinski definition) is 1. The number of hydrogen-bond acceptors (Lipinski definition) is 4. The van der Waals surface area contributed by atoms with E-state index in [1.54, 1.807) is 6.92 Å². The van der Waals surface area contributed by atoms with E-state index in [2.05, 4.69) is 5.32 Å². The summed E-state index contributed by atoms with van der Waals surface area (Å²) in [6.07, 6.45) is 0.371. The Bertz CT molecular complexity index is 161. The first-order valence-corrected chi connectivity index (χ1v) is 4.34. The molecule has 0 aromatic carbocycles. The summed E-state index contributed by atoms with van der Waals surface area (Å²) in [6.45, 7) is 4.44. The van der Waals surface area contributed by atoms with Crippen molar-refractivity contribution in [2.75, 3.05) is 26.7 Å². The number of piperazine rings is 1. The van der Waals surface area contributed by atoms with E-state index >= 15 is 0 Å². The number of carbonyl (C=O) groups is 1. The molecule has 1 unspecified atom stereocenters. The lowest BCUT2D eigenvalue weighted by Gasteiger charge is -2.32. The second-order valence-corrected chi connectivity index (χ2v) is 2.98. The molecule has 0 radical (unpaired) electrons. The first-order valence-electron chi connectivity index (χ1n) is 4.34. The fourth-order valence-corrected chi connectivity index (χ4v) is 1.15. The van der Waals surface area contributed by atoms with Crippen molar-refractivity contribution in [3.05, 3.63) is 0 Å². The maximum absolute atomic E-state index is 10.9. The van der Waals surface area contributed by atoms with Crippen molar-refractivity contribution in [3.63, 3.8) is 0 Å². The van der Waals surface area contributed by atoms with Crippen molar-refractivity contribution in [1.82, 2.24) is 10.2 Å². The van der Waals surface area contributed by atoms with Gasteiger partial charge in [-0.25, -0.2) is 0 Å². The molecule has 0 aliphatic carbocycles. The molecular weight excluding hydrogens is 156 g/mol. The largest absolute Gasteiger partial charge is 0.445 e. The Morgan fingerprint density at radius 3 is 3.08 bits per heavy atom. The van der Waals surface area contributed by atoms with E-state index in [-0.39, 0.29) is 12.2 Å². The summed E-state index contributed by atoms with van der Waals surface area (Å²) in [5, 5.41) is 3.18. The quantitative estimate of drug-likeness (QED) is 0.586. The van der Waals surface area contributed by atoms with Gasteiger partial charge >= 0.3 is 5.97 Å². The molecule has 1 atom stereocenters. The zero-order valence-corrected chi connectivity index (χ0v) is 7.67. The van der Waals surface area contributed by atoms with Crippen molar-refractivity contribution in [2.45, 2.75) is 19.6 Å². The molecular formula is C8H16N2O2. The molecule has 0 amide bonds. The van der Waals surface area contributed by atoms with Gasteiger partial charge in [-0.2, -0.15) is 0 Å². The van der Waals surface area contributed by atoms with Crippen LogP contribution in [0.5, 0.6) is 0 Å². The van der Waals surface area contributed by atoms with Gasteiger partial charge in [0.25, 0.3) is 0 Å². The van der Waals surface area contributed by atoms with E-state index in [1.165, 1.54) is 0 Å². The summed E-state index contributed by atoms with van der Waals surface area (Å²) < 4.78 is 5.18. The topological polar surface area (TPSA) is 41.6 Å². The van der Waals surface area contributed by atoms with E-state index in [0.29, 0.717) is 6.42 Å². The molecule has 1 N–H and O–H groups in total. The highest BCUT2D eigenvalue weighted by atomic mass is 16.6. The molecule has 12 heavy (non-hydrogen) atoms. The van der Waals surface area contributed by atoms with Crippen LogP contribution in [0.3, 0.4) is 0 Å². The van der Waals surface area contributed by atoms with Gasteiger partial charge in [0.15, 0.2) is 6.23 Å². The number of nitrogens with one attached hydrogen (secondary N) is 1. The molecule has 1 rings (SSSR count). The lowest BCUT2D eigenvalue weighted by atomic mass is 10.3. The van der Waals surface area contributed by atoms with Crippen LogP contribution in [0.15, 0.2) is 0 Å². The Labute approximate surface area is 72.9 Å². The van der Waals surface area contributed by atoms with Gasteiger partial charge < -0.3 is 10.1 Å². The smallest absolute Gasteiger partial charge is 0.307 e. The highest BCUT2D eigenvalue weighted by Crippen LogP contribution is 2.02. The monoisotopic (exact) mass is 172 g/mol. The molecule has 1 saturated heterocycles. The van der Waals surface area contributed by atoms with Crippen molar-refractivity contribution in [3.8, 4) is 0 Å². The van der Waals surface area contributed by atoms with Gasteiger partial charge in [-0.15, -0.1) is 0 Å². The van der Waals surface area contributed by atoms with Crippen molar-refractivity contribution < 1.29 is 9.53 Å². The molecule has 0 saturated carbocycles. The second-order valence-electron chi connectivity index (χ2n) is 2.98. The summed E-state index contributed by atoms with van der Waals surface area (Å²) in [7, 11) is 1.97. The van der Waals surface area contributed by atoms with Gasteiger partial charge in [-0.05, 0) is 7.05 Å². The minimum absolute atomic E-state index is 0.0776. The highest BCUT2D eigenvalue weighted by Gasteiger charge is 2.21. The Kier molecular flexibility index (Phi) is 3.49. The molecule has 0 spiro atoms. The lowest BCUT2D eigenvalue weighted by molar-refractivity contribution is -0.158. The van der Waals surface area contributed by atoms with Crippen molar-refractivity contribution in [2.24, 2.45) is 0 Å². The molecule has 70 valence electrons. The predicted molar refractivity (Wildman–Crippen MR) is 45.7 cm³/mol. The van der Waals surface area contributed by atoms with Gasteiger partial charge in [0.1, 0.15) is 0 Å². The third-order valence-corrected chi connectivity index (χ3v) is 2.01. The molecule has 4 heteroatoms. The number of likely N-dealkylation sites (N-methyl/N-ethyl adjacent to an activating group) is 1. The van der Waals surface area contributed by atoms with Crippen LogP contribution in [-0.4, -0.2) is 43.8 Å². The Balaban J connectivity index is 2.33. The minimum Gasteiger partial charge on any atom is -0.445 e. The molecule has 1 aliphatic rings. The number of esters is 1. The molecule has 4 nitrogen and oxygen atoms in total. The fraction of sp³-hybridized carbons (Fsp3) is 0.875. The van der Waals surface area contributed by atoms with E-state index in [1.807, 2.05) is 11.9 Å². The highest BCUT2D eigenvalue weighted by molar-refractivity contribution is 5.69. The van der Waals surface area contributed by atoms with Gasteiger partial charge in [-0.1, -0.05) is 6.92 Å². The Morgan fingerprint density at radius 1 is 1.75 bits per heavy atom. The van der Waals surface area contributed by atoms with Crippen LogP contribution in [0.25, 0.3) is 0 Å². The van der Waals surface area contributed by atoms with Crippen LogP contribution in [0.4, 0.5) is 0 Å². The molecule has 1 fully saturated rings. The third-order valence-electron chi connectivity index (χ3n) is 2.01. The summed E-state index contributed by atoms with van der Waals surface area (Å²) >= 11 is 0. The van der Waals surface area contributed by atoms with E-state index in [0.717, 1.165) is 19.6 Å². The average molecular weight is 172 g/mol. The Hall–Kier alpha value is -0.610. The molecule has 1 heterocycles. The van der Waals surface area contributed by atoms with Crippen LogP contribution in [0.2, 0.25) is 0 Å². The van der Waals surface area contributed by atoms with Crippen LogP contribution in [0.1, 0.15) is 13.3 Å². The molecule has 0 aromatic rings. The number of carbonyl (C=O) groups excluding carboxylic acids is 1. The van der Waals surface area contributed by atoms with E-state index in [9.17, 15) is 4.79 Å². The predicted octanol–water partition coefficient (Wildman–Crippen LogP) is -0.199. The minimum atomic E-state index is -0.129. The second kappa shape index (κ2) is 4.42. The standard InChI is InChI=1S/C8H16N2O2/c1-3-8(11)12-7-6-9-4-5-10(7)2/h7,9H,3-6H2,1-2H3. The maximum atomic E-state index is 10.9. The van der Waals surface area contributed by atoms with Gasteiger partial charge in [0.05, 0.1) is 0 Å². The zero-order valence-electron chi connectivity index (χ0n) is 7.67. The third kappa shape index (κ3) is 2.46. The maximum Gasteiger partial charge on any atom is 0.307 e. The molecule has 0 aromatic heterocycles. The SMILES string of the molecule is CCC(=O)OC1CNCCN1C. The molecule has 1 aliphatic heterocycles. The van der Waals surface area contributed by atoms with Crippen molar-refractivity contribution >= 4 is 5.97 Å². The normalized spacial score (nSPS) is 25.3. The number of rotatable bonds is 2. The average Bonchev–Trinajstić information content (AvgIpc) is 2.09. The number of ether oxygens (including phenoxy) is 1. The summed E-state index contributed by atoms with van der Waals surface area (Å²) in [5.41, 5.74) is 0. The fourth-order valence-electron chi connectivity index (χ4n) is 1.15.